The zero-order valence-corrected chi connectivity index (χ0v) is 16.6. The van der Waals surface area contributed by atoms with Crippen molar-refractivity contribution in [3.63, 3.8) is 0 Å². The first kappa shape index (κ1) is 21.2. The molecule has 2 aromatic rings. The number of nitriles is 1. The van der Waals surface area contributed by atoms with E-state index in [1.165, 1.54) is 32.3 Å². The van der Waals surface area contributed by atoms with E-state index in [2.05, 4.69) is 5.32 Å². The summed E-state index contributed by atoms with van der Waals surface area (Å²) in [6.45, 7) is 1.87. The van der Waals surface area contributed by atoms with E-state index in [0.717, 1.165) is 4.31 Å². The zero-order chi connectivity index (χ0) is 20.7. The first-order chi connectivity index (χ1) is 13.3. The Balaban J connectivity index is 2.07. The van der Waals surface area contributed by atoms with Crippen molar-refractivity contribution in [3.8, 4) is 17.6 Å². The van der Waals surface area contributed by atoms with E-state index >= 15 is 0 Å². The van der Waals surface area contributed by atoms with Gasteiger partial charge in [0.1, 0.15) is 0 Å². The molecule has 0 saturated heterocycles. The number of carbonyl (C=O) groups is 1. The van der Waals surface area contributed by atoms with Gasteiger partial charge in [-0.1, -0.05) is 6.07 Å². The standard InChI is InChI=1S/C19H21N3O5S/c1-4-26-18-10-14(12-20)8-9-17(18)27-13-19(23)21-15-6-5-7-16(11-15)28(24,25)22(2)3/h5-11H,4,13H2,1-3H3,(H,21,23). The van der Waals surface area contributed by atoms with Gasteiger partial charge < -0.3 is 14.8 Å². The molecule has 9 heteroatoms. The van der Waals surface area contributed by atoms with Crippen molar-refractivity contribution in [1.82, 2.24) is 4.31 Å². The molecule has 0 heterocycles. The van der Waals surface area contributed by atoms with E-state index in [1.807, 2.05) is 6.07 Å². The highest BCUT2D eigenvalue weighted by atomic mass is 32.2. The smallest absolute Gasteiger partial charge is 0.262 e. The number of amides is 1. The van der Waals surface area contributed by atoms with Crippen molar-refractivity contribution in [1.29, 1.82) is 5.26 Å². The molecular weight excluding hydrogens is 382 g/mol. The number of ether oxygens (including phenoxy) is 2. The maximum Gasteiger partial charge on any atom is 0.262 e. The van der Waals surface area contributed by atoms with Gasteiger partial charge in [0, 0.05) is 25.8 Å². The van der Waals surface area contributed by atoms with Gasteiger partial charge in [-0.15, -0.1) is 0 Å². The second-order valence-electron chi connectivity index (χ2n) is 5.86. The zero-order valence-electron chi connectivity index (χ0n) is 15.8. The molecule has 0 atom stereocenters. The lowest BCUT2D eigenvalue weighted by Gasteiger charge is -2.14. The maximum absolute atomic E-state index is 12.2. The summed E-state index contributed by atoms with van der Waals surface area (Å²) in [5.41, 5.74) is 0.751. The number of rotatable bonds is 8. The number of nitrogens with one attached hydrogen (secondary N) is 1. The fraction of sp³-hybridized carbons (Fsp3) is 0.263. The van der Waals surface area contributed by atoms with E-state index in [0.29, 0.717) is 29.4 Å². The Labute approximate surface area is 164 Å². The molecule has 2 aromatic carbocycles. The summed E-state index contributed by atoms with van der Waals surface area (Å²) >= 11 is 0. The summed E-state index contributed by atoms with van der Waals surface area (Å²) in [4.78, 5) is 12.3. The summed E-state index contributed by atoms with van der Waals surface area (Å²) in [6, 6.07) is 12.6. The number of anilines is 1. The number of nitrogens with zero attached hydrogens (tertiary/aromatic N) is 2. The molecule has 8 nitrogen and oxygen atoms in total. The minimum Gasteiger partial charge on any atom is -0.490 e. The molecule has 0 aromatic heterocycles. The number of sulfonamides is 1. The molecular formula is C19H21N3O5S. The molecule has 0 radical (unpaired) electrons. The second-order valence-corrected chi connectivity index (χ2v) is 8.01. The van der Waals surface area contributed by atoms with Gasteiger partial charge in [0.15, 0.2) is 18.1 Å². The van der Waals surface area contributed by atoms with Crippen LogP contribution in [0.5, 0.6) is 11.5 Å². The van der Waals surface area contributed by atoms with Crippen LogP contribution in [0.15, 0.2) is 47.4 Å². The molecule has 0 fully saturated rings. The van der Waals surface area contributed by atoms with Crippen molar-refractivity contribution in [2.75, 3.05) is 32.6 Å². The van der Waals surface area contributed by atoms with Gasteiger partial charge in [-0.2, -0.15) is 5.26 Å². The lowest BCUT2D eigenvalue weighted by molar-refractivity contribution is -0.118. The minimum absolute atomic E-state index is 0.0712. The van der Waals surface area contributed by atoms with Crippen LogP contribution in [0, 0.1) is 11.3 Å². The average Bonchev–Trinajstić information content (AvgIpc) is 2.67. The minimum atomic E-state index is -3.60. The number of hydrogen-bond acceptors (Lipinski definition) is 6. The highest BCUT2D eigenvalue weighted by Gasteiger charge is 2.17. The maximum atomic E-state index is 12.2. The van der Waals surface area contributed by atoms with Crippen LogP contribution in [0.25, 0.3) is 0 Å². The van der Waals surface area contributed by atoms with Gasteiger partial charge in [-0.05, 0) is 37.3 Å². The molecule has 1 amide bonds. The van der Waals surface area contributed by atoms with Crippen molar-refractivity contribution in [2.45, 2.75) is 11.8 Å². The summed E-state index contributed by atoms with van der Waals surface area (Å²) in [6.07, 6.45) is 0. The Hall–Kier alpha value is -3.09. The van der Waals surface area contributed by atoms with Crippen LogP contribution in [-0.4, -0.2) is 45.9 Å². The molecule has 28 heavy (non-hydrogen) atoms. The Kier molecular flexibility index (Phi) is 6.98. The quantitative estimate of drug-likeness (QED) is 0.724. The second kappa shape index (κ2) is 9.21. The average molecular weight is 403 g/mol. The highest BCUT2D eigenvalue weighted by molar-refractivity contribution is 7.89. The predicted molar refractivity (Wildman–Crippen MR) is 104 cm³/mol. The van der Waals surface area contributed by atoms with E-state index in [1.54, 1.807) is 31.2 Å². The molecule has 2 rings (SSSR count). The van der Waals surface area contributed by atoms with Crippen molar-refractivity contribution >= 4 is 21.6 Å². The van der Waals surface area contributed by atoms with Gasteiger partial charge in [-0.3, -0.25) is 4.79 Å². The number of benzene rings is 2. The largest absolute Gasteiger partial charge is 0.490 e. The summed E-state index contributed by atoms with van der Waals surface area (Å²) < 4.78 is 36.4. The summed E-state index contributed by atoms with van der Waals surface area (Å²) in [7, 11) is -0.736. The molecule has 0 unspecified atom stereocenters. The van der Waals surface area contributed by atoms with Crippen molar-refractivity contribution < 1.29 is 22.7 Å². The van der Waals surface area contributed by atoms with Gasteiger partial charge in [0.05, 0.1) is 23.1 Å². The lowest BCUT2D eigenvalue weighted by Crippen LogP contribution is -2.23. The predicted octanol–water partition coefficient (Wildman–Crippen LogP) is 2.22. The summed E-state index contributed by atoms with van der Waals surface area (Å²) in [5, 5.41) is 11.6. The monoisotopic (exact) mass is 403 g/mol. The Morgan fingerprint density at radius 1 is 1.14 bits per heavy atom. The fourth-order valence-electron chi connectivity index (χ4n) is 2.25. The van der Waals surface area contributed by atoms with E-state index < -0.39 is 15.9 Å². The van der Waals surface area contributed by atoms with Crippen molar-refractivity contribution in [2.24, 2.45) is 0 Å². The first-order valence-electron chi connectivity index (χ1n) is 8.40. The van der Waals surface area contributed by atoms with Crippen LogP contribution in [-0.2, 0) is 14.8 Å². The molecule has 0 saturated carbocycles. The Morgan fingerprint density at radius 3 is 2.54 bits per heavy atom. The third kappa shape index (κ3) is 5.22. The molecule has 0 bridgehead atoms. The van der Waals surface area contributed by atoms with Crippen LogP contribution in [0.4, 0.5) is 5.69 Å². The van der Waals surface area contributed by atoms with E-state index in [4.69, 9.17) is 14.7 Å². The molecule has 0 aliphatic carbocycles. The van der Waals surface area contributed by atoms with Gasteiger partial charge in [-0.25, -0.2) is 12.7 Å². The van der Waals surface area contributed by atoms with Gasteiger partial charge in [0.2, 0.25) is 10.0 Å². The molecule has 148 valence electrons. The van der Waals surface area contributed by atoms with Crippen LogP contribution in [0.3, 0.4) is 0 Å². The van der Waals surface area contributed by atoms with E-state index in [9.17, 15) is 13.2 Å². The topological polar surface area (TPSA) is 109 Å². The fourth-order valence-corrected chi connectivity index (χ4v) is 3.20. The van der Waals surface area contributed by atoms with Crippen molar-refractivity contribution in [3.05, 3.63) is 48.0 Å². The van der Waals surface area contributed by atoms with Gasteiger partial charge >= 0.3 is 0 Å². The molecule has 0 aliphatic heterocycles. The third-order valence-electron chi connectivity index (χ3n) is 3.63. The summed E-state index contributed by atoms with van der Waals surface area (Å²) in [5.74, 6) is 0.236. The third-order valence-corrected chi connectivity index (χ3v) is 5.44. The first-order valence-corrected chi connectivity index (χ1v) is 9.84. The SMILES string of the molecule is CCOc1cc(C#N)ccc1OCC(=O)Nc1cccc(S(=O)(=O)N(C)C)c1. The number of hydrogen-bond donors (Lipinski definition) is 1. The van der Waals surface area contributed by atoms with Crippen LogP contribution < -0.4 is 14.8 Å². The molecule has 0 spiro atoms. The Morgan fingerprint density at radius 2 is 1.89 bits per heavy atom. The Bertz CT molecular complexity index is 997. The van der Waals surface area contributed by atoms with Crippen LogP contribution in [0.2, 0.25) is 0 Å². The molecule has 0 aliphatic rings. The van der Waals surface area contributed by atoms with Crippen LogP contribution >= 0.6 is 0 Å². The highest BCUT2D eigenvalue weighted by Crippen LogP contribution is 2.28. The van der Waals surface area contributed by atoms with E-state index in [-0.39, 0.29) is 11.5 Å². The van der Waals surface area contributed by atoms with Crippen LogP contribution in [0.1, 0.15) is 12.5 Å². The lowest BCUT2D eigenvalue weighted by atomic mass is 10.2. The van der Waals surface area contributed by atoms with Gasteiger partial charge in [0.25, 0.3) is 5.91 Å². The normalized spacial score (nSPS) is 11.0. The molecule has 1 N–H and O–H groups in total. The number of carbonyl (C=O) groups excluding carboxylic acids is 1.